The predicted octanol–water partition coefficient (Wildman–Crippen LogP) is 2.41. The Balaban J connectivity index is 0.000000861. The van der Waals surface area contributed by atoms with Crippen molar-refractivity contribution in [1.29, 1.82) is 0 Å². The lowest BCUT2D eigenvalue weighted by molar-refractivity contribution is -0.116. The lowest BCUT2D eigenvalue weighted by Gasteiger charge is -2.21. The average molecular weight is 267 g/mol. The highest BCUT2D eigenvalue weighted by molar-refractivity contribution is 5.55. The molecule has 0 N–H and O–H groups in total. The maximum absolute atomic E-state index is 10.5. The van der Waals surface area contributed by atoms with Crippen molar-refractivity contribution in [3.8, 4) is 0 Å². The van der Waals surface area contributed by atoms with Crippen molar-refractivity contribution < 1.29 is 9.32 Å². The van der Waals surface area contributed by atoms with Crippen LogP contribution in [0.15, 0.2) is 4.52 Å². The van der Waals surface area contributed by atoms with Gasteiger partial charge in [0.15, 0.2) is 5.76 Å². The third-order valence-electron chi connectivity index (χ3n) is 3.15. The van der Waals surface area contributed by atoms with Crippen molar-refractivity contribution in [1.82, 2.24) is 10.1 Å². The minimum absolute atomic E-state index is 0.553. The van der Waals surface area contributed by atoms with E-state index in [9.17, 15) is 4.79 Å². The minimum Gasteiger partial charge on any atom is -0.368 e. The summed E-state index contributed by atoms with van der Waals surface area (Å²) in [5.74, 6) is 1.57. The lowest BCUT2D eigenvalue weighted by Crippen LogP contribution is -2.30. The van der Waals surface area contributed by atoms with Crippen molar-refractivity contribution in [2.24, 2.45) is 0 Å². The molecule has 1 amide bonds. The summed E-state index contributed by atoms with van der Waals surface area (Å²) in [6.07, 6.45) is 3.24. The van der Waals surface area contributed by atoms with Gasteiger partial charge in [0.05, 0.1) is 0 Å². The molecular formula is C14H25N3O2. The second-order valence-corrected chi connectivity index (χ2v) is 4.76. The van der Waals surface area contributed by atoms with Crippen LogP contribution in [0.3, 0.4) is 0 Å². The zero-order valence-corrected chi connectivity index (χ0v) is 12.6. The maximum atomic E-state index is 10.5. The Hall–Kier alpha value is -1.52. The summed E-state index contributed by atoms with van der Waals surface area (Å²) in [4.78, 5) is 14.3. The SMILES string of the molecule is CC.Cc1noc(C2CC2)c1N(C)CCN(C)C=O. The molecule has 5 heteroatoms. The highest BCUT2D eigenvalue weighted by atomic mass is 16.5. The zero-order valence-electron chi connectivity index (χ0n) is 12.6. The molecule has 0 radical (unpaired) electrons. The molecule has 1 heterocycles. The summed E-state index contributed by atoms with van der Waals surface area (Å²) in [6, 6.07) is 0. The second-order valence-electron chi connectivity index (χ2n) is 4.76. The fraction of sp³-hybridized carbons (Fsp3) is 0.714. The van der Waals surface area contributed by atoms with Crippen LogP contribution < -0.4 is 4.90 Å². The highest BCUT2D eigenvalue weighted by Gasteiger charge is 2.32. The molecule has 1 aliphatic rings. The fourth-order valence-electron chi connectivity index (χ4n) is 1.93. The number of aryl methyl sites for hydroxylation is 1. The predicted molar refractivity (Wildman–Crippen MR) is 76.5 cm³/mol. The normalized spacial score (nSPS) is 13.5. The van der Waals surface area contributed by atoms with Crippen LogP contribution in [0, 0.1) is 6.92 Å². The van der Waals surface area contributed by atoms with E-state index in [-0.39, 0.29) is 0 Å². The minimum atomic E-state index is 0.553. The molecule has 2 rings (SSSR count). The largest absolute Gasteiger partial charge is 0.368 e. The third kappa shape index (κ3) is 3.98. The van der Waals surface area contributed by atoms with Gasteiger partial charge in [-0.15, -0.1) is 0 Å². The molecule has 1 fully saturated rings. The molecule has 0 aromatic carbocycles. The molecular weight excluding hydrogens is 242 g/mol. The summed E-state index contributed by atoms with van der Waals surface area (Å²) in [5.41, 5.74) is 2.04. The summed E-state index contributed by atoms with van der Waals surface area (Å²) in [7, 11) is 3.80. The van der Waals surface area contributed by atoms with Crippen LogP contribution in [-0.2, 0) is 4.79 Å². The number of amides is 1. The molecule has 0 bridgehead atoms. The molecule has 0 atom stereocenters. The highest BCUT2D eigenvalue weighted by Crippen LogP contribution is 2.45. The Bertz CT molecular complexity index is 399. The van der Waals surface area contributed by atoms with Crippen molar-refractivity contribution in [3.05, 3.63) is 11.5 Å². The van der Waals surface area contributed by atoms with Gasteiger partial charge in [-0.25, -0.2) is 0 Å². The van der Waals surface area contributed by atoms with E-state index < -0.39 is 0 Å². The standard InChI is InChI=1S/C12H19N3O2.C2H6/c1-9-11(12(17-13-9)10-4-5-10)15(3)7-6-14(2)8-16;1-2/h8,10H,4-7H2,1-3H3;1-2H3. The number of likely N-dealkylation sites (N-methyl/N-ethyl adjacent to an activating group) is 2. The van der Waals surface area contributed by atoms with Crippen LogP contribution >= 0.6 is 0 Å². The maximum Gasteiger partial charge on any atom is 0.209 e. The molecule has 0 spiro atoms. The number of hydrogen-bond acceptors (Lipinski definition) is 4. The topological polar surface area (TPSA) is 49.6 Å². The molecule has 19 heavy (non-hydrogen) atoms. The number of carbonyl (C=O) groups excluding carboxylic acids is 1. The van der Waals surface area contributed by atoms with Gasteiger partial charge in [0, 0.05) is 33.1 Å². The second kappa shape index (κ2) is 7.16. The molecule has 1 saturated carbocycles. The van der Waals surface area contributed by atoms with Crippen LogP contribution in [0.2, 0.25) is 0 Å². The van der Waals surface area contributed by atoms with Gasteiger partial charge in [0.2, 0.25) is 6.41 Å². The molecule has 5 nitrogen and oxygen atoms in total. The van der Waals surface area contributed by atoms with Crippen molar-refractivity contribution in [2.45, 2.75) is 39.5 Å². The van der Waals surface area contributed by atoms with Crippen LogP contribution in [0.4, 0.5) is 5.69 Å². The van der Waals surface area contributed by atoms with Gasteiger partial charge in [-0.3, -0.25) is 4.79 Å². The van der Waals surface area contributed by atoms with Gasteiger partial charge in [-0.2, -0.15) is 0 Å². The van der Waals surface area contributed by atoms with E-state index in [4.69, 9.17) is 4.52 Å². The number of hydrogen-bond donors (Lipinski definition) is 0. The van der Waals surface area contributed by atoms with Gasteiger partial charge in [0.25, 0.3) is 0 Å². The van der Waals surface area contributed by atoms with E-state index in [0.29, 0.717) is 12.5 Å². The number of anilines is 1. The quantitative estimate of drug-likeness (QED) is 0.743. The van der Waals surface area contributed by atoms with E-state index in [0.717, 1.165) is 30.1 Å². The third-order valence-corrected chi connectivity index (χ3v) is 3.15. The number of rotatable bonds is 6. The van der Waals surface area contributed by atoms with Gasteiger partial charge in [0.1, 0.15) is 11.4 Å². The molecule has 0 saturated heterocycles. The van der Waals surface area contributed by atoms with Crippen LogP contribution in [0.5, 0.6) is 0 Å². The first-order valence-electron chi connectivity index (χ1n) is 6.96. The van der Waals surface area contributed by atoms with E-state index in [1.165, 1.54) is 12.8 Å². The Morgan fingerprint density at radius 3 is 2.47 bits per heavy atom. The van der Waals surface area contributed by atoms with Crippen molar-refractivity contribution >= 4 is 12.1 Å². The lowest BCUT2D eigenvalue weighted by atomic mass is 10.2. The Labute approximate surface area is 115 Å². The summed E-state index contributed by atoms with van der Waals surface area (Å²) < 4.78 is 5.40. The molecule has 1 aliphatic carbocycles. The zero-order chi connectivity index (χ0) is 14.4. The van der Waals surface area contributed by atoms with E-state index >= 15 is 0 Å². The van der Waals surface area contributed by atoms with Crippen LogP contribution in [0.1, 0.15) is 44.1 Å². The molecule has 108 valence electrons. The number of carbonyl (C=O) groups is 1. The van der Waals surface area contributed by atoms with E-state index in [2.05, 4.69) is 10.1 Å². The number of nitrogens with zero attached hydrogens (tertiary/aromatic N) is 3. The molecule has 1 aromatic heterocycles. The smallest absolute Gasteiger partial charge is 0.209 e. The fourth-order valence-corrected chi connectivity index (χ4v) is 1.93. The monoisotopic (exact) mass is 267 g/mol. The Kier molecular flexibility index (Phi) is 5.86. The first-order valence-corrected chi connectivity index (χ1v) is 6.96. The van der Waals surface area contributed by atoms with Crippen LogP contribution in [0.25, 0.3) is 0 Å². The molecule has 0 unspecified atom stereocenters. The van der Waals surface area contributed by atoms with Gasteiger partial charge >= 0.3 is 0 Å². The van der Waals surface area contributed by atoms with Gasteiger partial charge in [-0.05, 0) is 19.8 Å². The molecule has 1 aromatic rings. The van der Waals surface area contributed by atoms with E-state index in [1.54, 1.807) is 11.9 Å². The Morgan fingerprint density at radius 1 is 1.32 bits per heavy atom. The number of aromatic nitrogens is 1. The first-order chi connectivity index (χ1) is 9.13. The average Bonchev–Trinajstić information content (AvgIpc) is 3.21. The molecule has 0 aliphatic heterocycles. The summed E-state index contributed by atoms with van der Waals surface area (Å²) >= 11 is 0. The Morgan fingerprint density at radius 2 is 1.95 bits per heavy atom. The van der Waals surface area contributed by atoms with Crippen molar-refractivity contribution in [3.63, 3.8) is 0 Å². The summed E-state index contributed by atoms with van der Waals surface area (Å²) in [5, 5.41) is 4.05. The van der Waals surface area contributed by atoms with Gasteiger partial charge in [-0.1, -0.05) is 19.0 Å². The van der Waals surface area contributed by atoms with Gasteiger partial charge < -0.3 is 14.3 Å². The van der Waals surface area contributed by atoms with Crippen LogP contribution in [-0.4, -0.2) is 43.7 Å². The van der Waals surface area contributed by atoms with E-state index in [1.807, 2.05) is 27.8 Å². The summed E-state index contributed by atoms with van der Waals surface area (Å²) in [6.45, 7) is 7.45. The first kappa shape index (κ1) is 15.5. The van der Waals surface area contributed by atoms with Crippen molar-refractivity contribution in [2.75, 3.05) is 32.1 Å².